The van der Waals surface area contributed by atoms with Gasteiger partial charge in [0.1, 0.15) is 13.2 Å². The van der Waals surface area contributed by atoms with Crippen molar-refractivity contribution < 1.29 is 19.1 Å². The van der Waals surface area contributed by atoms with Gasteiger partial charge in [0.2, 0.25) is 11.8 Å². The van der Waals surface area contributed by atoms with E-state index in [0.29, 0.717) is 19.0 Å². The van der Waals surface area contributed by atoms with Crippen LogP contribution in [0, 0.1) is 0 Å². The minimum atomic E-state index is -0.191. The fraction of sp³-hybridized carbons (Fsp3) is 0.364. The van der Waals surface area contributed by atoms with E-state index in [0.717, 1.165) is 21.9 Å². The number of benzene rings is 2. The average molecular weight is 430 g/mol. The third-order valence-corrected chi connectivity index (χ3v) is 5.45. The Morgan fingerprint density at radius 3 is 2.53 bits per heavy atom. The average Bonchev–Trinajstić information content (AvgIpc) is 2.73. The predicted molar refractivity (Wildman–Crippen MR) is 118 cm³/mol. The maximum absolute atomic E-state index is 12.4. The van der Waals surface area contributed by atoms with E-state index in [-0.39, 0.29) is 30.9 Å². The molecule has 7 nitrogen and oxygen atoms in total. The summed E-state index contributed by atoms with van der Waals surface area (Å²) in [5.74, 6) is 1.10. The standard InChI is InChI=1S/C22H27N3O4S/c1-15(16-8-9-18-19(12-16)29-11-10-28-18)23-21(26)13-25(2)14-22(27)24-17-6-4-5-7-20(17)30-3/h4-9,12,15H,10-11,13-14H2,1-3H3,(H,23,26)(H,24,27)/t15-/m0/s1. The van der Waals surface area contributed by atoms with Gasteiger partial charge in [-0.2, -0.15) is 0 Å². The number of ether oxygens (including phenoxy) is 2. The van der Waals surface area contributed by atoms with E-state index in [1.807, 2.05) is 55.6 Å². The summed E-state index contributed by atoms with van der Waals surface area (Å²) in [7, 11) is 1.74. The summed E-state index contributed by atoms with van der Waals surface area (Å²) in [5.41, 5.74) is 1.71. The minimum absolute atomic E-state index is 0.118. The molecule has 2 N–H and O–H groups in total. The third kappa shape index (κ3) is 5.90. The monoisotopic (exact) mass is 429 g/mol. The van der Waals surface area contributed by atoms with Crippen LogP contribution in [-0.2, 0) is 9.59 Å². The molecule has 0 bridgehead atoms. The number of para-hydroxylation sites is 1. The van der Waals surface area contributed by atoms with Crippen LogP contribution in [0.1, 0.15) is 18.5 Å². The van der Waals surface area contributed by atoms with Crippen LogP contribution in [0.5, 0.6) is 11.5 Å². The zero-order valence-corrected chi connectivity index (χ0v) is 18.3. The van der Waals surface area contributed by atoms with Gasteiger partial charge < -0.3 is 20.1 Å². The number of carbonyl (C=O) groups excluding carboxylic acids is 2. The maximum atomic E-state index is 12.4. The Hall–Kier alpha value is -2.71. The van der Waals surface area contributed by atoms with Crippen molar-refractivity contribution in [1.82, 2.24) is 10.2 Å². The summed E-state index contributed by atoms with van der Waals surface area (Å²) in [4.78, 5) is 27.4. The summed E-state index contributed by atoms with van der Waals surface area (Å²) < 4.78 is 11.1. The molecule has 0 saturated heterocycles. The Bertz CT molecular complexity index is 906. The topological polar surface area (TPSA) is 79.9 Å². The molecule has 1 atom stereocenters. The lowest BCUT2D eigenvalue weighted by Gasteiger charge is -2.22. The van der Waals surface area contributed by atoms with Crippen LogP contribution in [0.25, 0.3) is 0 Å². The molecule has 2 aromatic rings. The number of rotatable bonds is 8. The van der Waals surface area contributed by atoms with Gasteiger partial charge in [0.05, 0.1) is 24.8 Å². The SMILES string of the molecule is CSc1ccccc1NC(=O)CN(C)CC(=O)N[C@@H](C)c1ccc2c(c1)OCCO2. The zero-order chi connectivity index (χ0) is 21.5. The van der Waals surface area contributed by atoms with Crippen molar-refractivity contribution in [3.63, 3.8) is 0 Å². The number of amides is 2. The Labute approximate surface area is 181 Å². The highest BCUT2D eigenvalue weighted by atomic mass is 32.2. The molecular weight excluding hydrogens is 402 g/mol. The quantitative estimate of drug-likeness (QED) is 0.628. The van der Waals surface area contributed by atoms with E-state index >= 15 is 0 Å². The molecule has 2 aromatic carbocycles. The fourth-order valence-corrected chi connectivity index (χ4v) is 3.74. The second kappa shape index (κ2) is 10.4. The molecule has 2 amide bonds. The largest absolute Gasteiger partial charge is 0.486 e. The Balaban J connectivity index is 1.48. The summed E-state index contributed by atoms with van der Waals surface area (Å²) in [5, 5.41) is 5.87. The summed E-state index contributed by atoms with van der Waals surface area (Å²) in [6.07, 6.45) is 1.96. The van der Waals surface area contributed by atoms with Crippen LogP contribution in [0.3, 0.4) is 0 Å². The highest BCUT2D eigenvalue weighted by Crippen LogP contribution is 2.32. The van der Waals surface area contributed by atoms with Crippen molar-refractivity contribution in [2.75, 3.05) is 44.9 Å². The number of likely N-dealkylation sites (N-methyl/N-ethyl adjacent to an activating group) is 1. The lowest BCUT2D eigenvalue weighted by molar-refractivity contribution is -0.123. The van der Waals surface area contributed by atoms with Gasteiger partial charge in [0.15, 0.2) is 11.5 Å². The number of hydrogen-bond acceptors (Lipinski definition) is 6. The minimum Gasteiger partial charge on any atom is -0.486 e. The fourth-order valence-electron chi connectivity index (χ4n) is 3.18. The van der Waals surface area contributed by atoms with Gasteiger partial charge in [0, 0.05) is 4.90 Å². The molecule has 30 heavy (non-hydrogen) atoms. The van der Waals surface area contributed by atoms with E-state index in [1.54, 1.807) is 23.7 Å². The Kier molecular flexibility index (Phi) is 7.59. The lowest BCUT2D eigenvalue weighted by Crippen LogP contribution is -2.39. The van der Waals surface area contributed by atoms with Gasteiger partial charge >= 0.3 is 0 Å². The molecule has 0 fully saturated rings. The van der Waals surface area contributed by atoms with Gasteiger partial charge in [0.25, 0.3) is 0 Å². The van der Waals surface area contributed by atoms with E-state index in [2.05, 4.69) is 10.6 Å². The van der Waals surface area contributed by atoms with Crippen LogP contribution in [-0.4, -0.2) is 56.3 Å². The second-order valence-electron chi connectivity index (χ2n) is 7.11. The van der Waals surface area contributed by atoms with E-state index in [1.165, 1.54) is 0 Å². The van der Waals surface area contributed by atoms with Gasteiger partial charge in [-0.05, 0) is 50.1 Å². The maximum Gasteiger partial charge on any atom is 0.238 e. The molecule has 1 aliphatic rings. The molecule has 0 aliphatic carbocycles. The highest BCUT2D eigenvalue weighted by molar-refractivity contribution is 7.98. The van der Waals surface area contributed by atoms with Crippen LogP contribution in [0.2, 0.25) is 0 Å². The first-order chi connectivity index (χ1) is 14.5. The molecule has 0 unspecified atom stereocenters. The van der Waals surface area contributed by atoms with Crippen molar-refractivity contribution in [3.05, 3.63) is 48.0 Å². The van der Waals surface area contributed by atoms with Crippen molar-refractivity contribution in [2.45, 2.75) is 17.9 Å². The summed E-state index contributed by atoms with van der Waals surface area (Å²) in [6.45, 7) is 3.21. The zero-order valence-electron chi connectivity index (χ0n) is 17.4. The number of nitrogens with one attached hydrogen (secondary N) is 2. The van der Waals surface area contributed by atoms with E-state index in [9.17, 15) is 9.59 Å². The predicted octanol–water partition coefficient (Wildman–Crippen LogP) is 2.93. The third-order valence-electron chi connectivity index (χ3n) is 4.65. The molecule has 1 aliphatic heterocycles. The highest BCUT2D eigenvalue weighted by Gasteiger charge is 2.17. The van der Waals surface area contributed by atoms with Crippen molar-refractivity contribution in [2.24, 2.45) is 0 Å². The van der Waals surface area contributed by atoms with Gasteiger partial charge in [-0.3, -0.25) is 14.5 Å². The molecule has 0 spiro atoms. The molecule has 160 valence electrons. The first-order valence-electron chi connectivity index (χ1n) is 9.76. The second-order valence-corrected chi connectivity index (χ2v) is 7.96. The van der Waals surface area contributed by atoms with Crippen LogP contribution >= 0.6 is 11.8 Å². The van der Waals surface area contributed by atoms with Crippen molar-refractivity contribution >= 4 is 29.3 Å². The number of nitrogens with zero attached hydrogens (tertiary/aromatic N) is 1. The number of thioether (sulfide) groups is 1. The molecule has 0 aromatic heterocycles. The van der Waals surface area contributed by atoms with Gasteiger partial charge in [-0.25, -0.2) is 0 Å². The molecule has 1 heterocycles. The Morgan fingerprint density at radius 1 is 1.07 bits per heavy atom. The summed E-state index contributed by atoms with van der Waals surface area (Å²) in [6, 6.07) is 13.1. The number of carbonyl (C=O) groups is 2. The van der Waals surface area contributed by atoms with Crippen molar-refractivity contribution in [1.29, 1.82) is 0 Å². The number of hydrogen-bond donors (Lipinski definition) is 2. The molecule has 0 radical (unpaired) electrons. The van der Waals surface area contributed by atoms with Gasteiger partial charge in [-0.1, -0.05) is 18.2 Å². The van der Waals surface area contributed by atoms with Crippen LogP contribution in [0.4, 0.5) is 5.69 Å². The van der Waals surface area contributed by atoms with E-state index in [4.69, 9.17) is 9.47 Å². The number of fused-ring (bicyclic) bond motifs is 1. The first-order valence-corrected chi connectivity index (χ1v) is 11.0. The lowest BCUT2D eigenvalue weighted by atomic mass is 10.1. The van der Waals surface area contributed by atoms with Crippen molar-refractivity contribution in [3.8, 4) is 11.5 Å². The van der Waals surface area contributed by atoms with Crippen LogP contribution in [0.15, 0.2) is 47.4 Å². The Morgan fingerprint density at radius 2 is 1.77 bits per heavy atom. The molecule has 8 heteroatoms. The molecular formula is C22H27N3O4S. The first kappa shape index (κ1) is 22.0. The summed E-state index contributed by atoms with van der Waals surface area (Å²) >= 11 is 1.57. The van der Waals surface area contributed by atoms with Crippen LogP contribution < -0.4 is 20.1 Å². The molecule has 0 saturated carbocycles. The van der Waals surface area contributed by atoms with Gasteiger partial charge in [-0.15, -0.1) is 11.8 Å². The van der Waals surface area contributed by atoms with E-state index < -0.39 is 0 Å². The normalized spacial score (nSPS) is 13.6. The molecule has 3 rings (SSSR count). The number of anilines is 1. The smallest absolute Gasteiger partial charge is 0.238 e.